The number of aryl methyl sites for hydroxylation is 1. The van der Waals surface area contributed by atoms with Gasteiger partial charge in [-0.3, -0.25) is 9.59 Å². The smallest absolute Gasteiger partial charge is 0.279 e. The zero-order chi connectivity index (χ0) is 19.4. The Morgan fingerprint density at radius 2 is 2.19 bits per heavy atom. The molecule has 142 valence electrons. The van der Waals surface area contributed by atoms with Crippen molar-refractivity contribution < 1.29 is 14.4 Å². The highest BCUT2D eigenvalue weighted by atomic mass is 32.1. The van der Waals surface area contributed by atoms with E-state index in [9.17, 15) is 9.59 Å². The van der Waals surface area contributed by atoms with E-state index in [4.69, 9.17) is 4.74 Å². The predicted molar refractivity (Wildman–Crippen MR) is 104 cm³/mol. The second-order valence-corrected chi connectivity index (χ2v) is 7.20. The van der Waals surface area contributed by atoms with Crippen LogP contribution in [0.5, 0.6) is 5.75 Å². The van der Waals surface area contributed by atoms with E-state index in [0.29, 0.717) is 35.2 Å². The highest BCUT2D eigenvalue weighted by Gasteiger charge is 2.17. The Balaban J connectivity index is 1.67. The van der Waals surface area contributed by atoms with Gasteiger partial charge in [-0.2, -0.15) is 9.61 Å². The zero-order valence-corrected chi connectivity index (χ0v) is 16.3. The third kappa shape index (κ3) is 4.69. The maximum atomic E-state index is 12.4. The molecular weight excluding hydrogens is 366 g/mol. The first kappa shape index (κ1) is 19.0. The van der Waals surface area contributed by atoms with Crippen molar-refractivity contribution >= 4 is 27.9 Å². The summed E-state index contributed by atoms with van der Waals surface area (Å²) in [7, 11) is 1.59. The molecule has 2 heterocycles. The van der Waals surface area contributed by atoms with E-state index in [-0.39, 0.29) is 11.5 Å². The summed E-state index contributed by atoms with van der Waals surface area (Å²) < 4.78 is 6.48. The zero-order valence-electron chi connectivity index (χ0n) is 15.5. The number of rotatable bonds is 7. The summed E-state index contributed by atoms with van der Waals surface area (Å²) in [6, 6.07) is 8.71. The van der Waals surface area contributed by atoms with Crippen LogP contribution in [0.3, 0.4) is 0 Å². The van der Waals surface area contributed by atoms with E-state index >= 15 is 0 Å². The highest BCUT2D eigenvalue weighted by Crippen LogP contribution is 2.16. The highest BCUT2D eigenvalue weighted by molar-refractivity contribution is 7.16. The van der Waals surface area contributed by atoms with E-state index in [1.54, 1.807) is 20.1 Å². The molecule has 3 aromatic rings. The number of likely N-dealkylation sites (N-methyl/N-ethyl adjacent to an activating group) is 1. The first-order chi connectivity index (χ1) is 13.0. The standard InChI is InChI=1S/C18H21N5O3S/c1-4-22(10-15(24)20-13-6-5-7-14(9-13)26-3)11-16-21-23-17(25)8-12(2)19-18(23)27-16/h5-9H,4,10-11H2,1-3H3,(H,20,24)/p+1. The Kier molecular flexibility index (Phi) is 5.82. The molecule has 2 N–H and O–H groups in total. The Morgan fingerprint density at radius 1 is 1.37 bits per heavy atom. The molecule has 0 fully saturated rings. The summed E-state index contributed by atoms with van der Waals surface area (Å²) in [4.78, 5) is 30.3. The van der Waals surface area contributed by atoms with E-state index in [1.807, 2.05) is 25.1 Å². The number of fused-ring (bicyclic) bond motifs is 1. The lowest BCUT2D eigenvalue weighted by molar-refractivity contribution is -0.903. The lowest BCUT2D eigenvalue weighted by atomic mass is 10.3. The monoisotopic (exact) mass is 388 g/mol. The lowest BCUT2D eigenvalue weighted by Gasteiger charge is -2.15. The maximum absolute atomic E-state index is 12.4. The summed E-state index contributed by atoms with van der Waals surface area (Å²) in [5, 5.41) is 8.01. The number of nitrogens with one attached hydrogen (secondary N) is 2. The molecule has 0 radical (unpaired) electrons. The number of methoxy groups -OCH3 is 1. The third-order valence-electron chi connectivity index (χ3n) is 4.08. The number of hydrogen-bond donors (Lipinski definition) is 2. The van der Waals surface area contributed by atoms with Crippen molar-refractivity contribution in [3.63, 3.8) is 0 Å². The molecule has 0 spiro atoms. The molecular formula is C18H22N5O3S+. The number of anilines is 1. The summed E-state index contributed by atoms with van der Waals surface area (Å²) in [5.41, 5.74) is 1.18. The van der Waals surface area contributed by atoms with Gasteiger partial charge in [0.1, 0.15) is 12.3 Å². The van der Waals surface area contributed by atoms with Crippen LogP contribution in [0, 0.1) is 6.92 Å². The average molecular weight is 388 g/mol. The third-order valence-corrected chi connectivity index (χ3v) is 4.99. The minimum atomic E-state index is -0.186. The van der Waals surface area contributed by atoms with Crippen molar-refractivity contribution in [2.45, 2.75) is 20.4 Å². The van der Waals surface area contributed by atoms with Crippen molar-refractivity contribution in [2.24, 2.45) is 0 Å². The van der Waals surface area contributed by atoms with Crippen molar-refractivity contribution in [3.8, 4) is 5.75 Å². The summed E-state index contributed by atoms with van der Waals surface area (Å²) in [6.07, 6.45) is 0. The van der Waals surface area contributed by atoms with Crippen LogP contribution >= 0.6 is 11.3 Å². The fourth-order valence-corrected chi connectivity index (χ4v) is 3.71. The number of aromatic nitrogens is 3. The number of benzene rings is 1. The van der Waals surface area contributed by atoms with Crippen LogP contribution in [-0.2, 0) is 11.3 Å². The first-order valence-corrected chi connectivity index (χ1v) is 9.44. The van der Waals surface area contributed by atoms with Gasteiger partial charge in [0.05, 0.1) is 13.7 Å². The minimum absolute atomic E-state index is 0.0904. The molecule has 1 amide bonds. The molecule has 1 unspecified atom stereocenters. The molecule has 0 aliphatic rings. The van der Waals surface area contributed by atoms with Gasteiger partial charge in [-0.1, -0.05) is 17.4 Å². The van der Waals surface area contributed by atoms with Crippen LogP contribution in [-0.4, -0.2) is 40.7 Å². The van der Waals surface area contributed by atoms with E-state index in [2.05, 4.69) is 15.4 Å². The second kappa shape index (κ2) is 8.28. The fraction of sp³-hybridized carbons (Fsp3) is 0.333. The molecule has 1 atom stereocenters. The average Bonchev–Trinajstić information content (AvgIpc) is 3.03. The Morgan fingerprint density at radius 3 is 2.93 bits per heavy atom. The summed E-state index contributed by atoms with van der Waals surface area (Å²) >= 11 is 1.38. The molecule has 27 heavy (non-hydrogen) atoms. The van der Waals surface area contributed by atoms with Crippen molar-refractivity contribution in [2.75, 3.05) is 25.5 Å². The van der Waals surface area contributed by atoms with Gasteiger partial charge >= 0.3 is 0 Å². The van der Waals surface area contributed by atoms with Crippen LogP contribution in [0.2, 0.25) is 0 Å². The molecule has 8 nitrogen and oxygen atoms in total. The molecule has 0 saturated carbocycles. The van der Waals surface area contributed by atoms with Gasteiger partial charge in [-0.05, 0) is 26.0 Å². The molecule has 3 rings (SSSR count). The number of amides is 1. The second-order valence-electron chi connectivity index (χ2n) is 6.16. The Bertz CT molecular complexity index is 1010. The van der Waals surface area contributed by atoms with Crippen molar-refractivity contribution in [3.05, 3.63) is 51.4 Å². The van der Waals surface area contributed by atoms with Crippen molar-refractivity contribution in [1.29, 1.82) is 0 Å². The Hall–Kier alpha value is -2.78. The van der Waals surface area contributed by atoms with E-state index in [0.717, 1.165) is 16.5 Å². The summed E-state index contributed by atoms with van der Waals surface area (Å²) in [6.45, 7) is 5.39. The van der Waals surface area contributed by atoms with Crippen molar-refractivity contribution in [1.82, 2.24) is 14.6 Å². The molecule has 0 aliphatic heterocycles. The molecule has 9 heteroatoms. The minimum Gasteiger partial charge on any atom is -0.497 e. The fourth-order valence-electron chi connectivity index (χ4n) is 2.69. The molecule has 0 bridgehead atoms. The largest absolute Gasteiger partial charge is 0.497 e. The quantitative estimate of drug-likeness (QED) is 0.616. The molecule has 2 aromatic heterocycles. The number of nitrogens with zero attached hydrogens (tertiary/aromatic N) is 3. The van der Waals surface area contributed by atoms with Gasteiger partial charge in [-0.25, -0.2) is 4.98 Å². The molecule has 1 aromatic carbocycles. The van der Waals surface area contributed by atoms with E-state index < -0.39 is 0 Å². The number of ether oxygens (including phenoxy) is 1. The van der Waals surface area contributed by atoms with Crippen LogP contribution in [0.1, 0.15) is 17.6 Å². The Labute approximate surface area is 160 Å². The number of quaternary nitrogens is 1. The number of carbonyl (C=O) groups is 1. The van der Waals surface area contributed by atoms with Gasteiger partial charge in [0.15, 0.2) is 11.6 Å². The number of hydrogen-bond acceptors (Lipinski definition) is 6. The van der Waals surface area contributed by atoms with Gasteiger partial charge < -0.3 is 15.0 Å². The lowest BCUT2D eigenvalue weighted by Crippen LogP contribution is -3.11. The van der Waals surface area contributed by atoms with Gasteiger partial charge in [0, 0.05) is 23.5 Å². The maximum Gasteiger partial charge on any atom is 0.279 e. The summed E-state index contributed by atoms with van der Waals surface area (Å²) in [5.74, 6) is 0.600. The van der Waals surface area contributed by atoms with Gasteiger partial charge in [-0.15, -0.1) is 0 Å². The SMILES string of the molecule is CC[NH+](CC(=O)Nc1cccc(OC)c1)Cc1nn2c(=O)cc(C)nc2s1. The van der Waals surface area contributed by atoms with Crippen LogP contribution in [0.4, 0.5) is 5.69 Å². The first-order valence-electron chi connectivity index (χ1n) is 8.62. The van der Waals surface area contributed by atoms with Crippen LogP contribution in [0.25, 0.3) is 4.96 Å². The van der Waals surface area contributed by atoms with Crippen LogP contribution < -0.4 is 20.5 Å². The molecule has 0 saturated heterocycles. The predicted octanol–water partition coefficient (Wildman–Crippen LogP) is 0.512. The van der Waals surface area contributed by atoms with Gasteiger partial charge in [0.25, 0.3) is 11.5 Å². The molecule has 0 aliphatic carbocycles. The normalized spacial score (nSPS) is 12.1. The number of carbonyl (C=O) groups excluding carboxylic acids is 1. The van der Waals surface area contributed by atoms with Gasteiger partial charge in [0.2, 0.25) is 4.96 Å². The topological polar surface area (TPSA) is 90.0 Å². The van der Waals surface area contributed by atoms with Crippen LogP contribution in [0.15, 0.2) is 35.1 Å². The van der Waals surface area contributed by atoms with E-state index in [1.165, 1.54) is 21.9 Å².